The fraction of sp³-hybridized carbons (Fsp3) is 0.167. The summed E-state index contributed by atoms with van der Waals surface area (Å²) < 4.78 is 0. The molecule has 0 aromatic heterocycles. The topological polar surface area (TPSA) is 17.1 Å². The summed E-state index contributed by atoms with van der Waals surface area (Å²) in [7, 11) is 0. The van der Waals surface area contributed by atoms with Crippen LogP contribution in [0.5, 0.6) is 0 Å². The van der Waals surface area contributed by atoms with Crippen molar-refractivity contribution in [3.05, 3.63) is 70.3 Å². The Balaban J connectivity index is 2.32. The number of aryl methyl sites for hydroxylation is 2. The third-order valence-electron chi connectivity index (χ3n) is 3.04. The van der Waals surface area contributed by atoms with Gasteiger partial charge in [0.15, 0.2) is 6.29 Å². The number of carbonyl (C=O) groups excluding carboxylic acids is 1. The summed E-state index contributed by atoms with van der Waals surface area (Å²) in [4.78, 5) is 11.0. The summed E-state index contributed by atoms with van der Waals surface area (Å²) in [6.07, 6.45) is 1.88. The highest BCUT2D eigenvalue weighted by molar-refractivity contribution is 5.79. The molecule has 0 spiro atoms. The van der Waals surface area contributed by atoms with Crippen molar-refractivity contribution in [3.8, 4) is 11.8 Å². The number of carbonyl (C=O) groups is 1. The van der Waals surface area contributed by atoms with E-state index < -0.39 is 0 Å². The molecule has 0 unspecified atom stereocenters. The van der Waals surface area contributed by atoms with Crippen molar-refractivity contribution in [1.82, 2.24) is 0 Å². The third-order valence-corrected chi connectivity index (χ3v) is 3.04. The number of rotatable bonds is 2. The molecule has 0 radical (unpaired) electrons. The largest absolute Gasteiger partial charge is 0.298 e. The Morgan fingerprint density at radius 1 is 1.05 bits per heavy atom. The first-order valence-electron chi connectivity index (χ1n) is 6.39. The van der Waals surface area contributed by atoms with E-state index in [4.69, 9.17) is 0 Å². The van der Waals surface area contributed by atoms with Crippen LogP contribution in [0.2, 0.25) is 0 Å². The van der Waals surface area contributed by atoms with E-state index in [1.807, 2.05) is 37.3 Å². The van der Waals surface area contributed by atoms with Crippen molar-refractivity contribution in [3.63, 3.8) is 0 Å². The van der Waals surface area contributed by atoms with Crippen molar-refractivity contribution >= 4 is 6.29 Å². The van der Waals surface area contributed by atoms with Crippen molar-refractivity contribution in [2.45, 2.75) is 20.3 Å². The molecule has 2 aromatic rings. The molecule has 2 rings (SSSR count). The first kappa shape index (κ1) is 13.1. The van der Waals surface area contributed by atoms with Crippen LogP contribution in [-0.4, -0.2) is 6.29 Å². The standard InChI is InChI=1S/C18H16O/c1-3-15-5-7-16(8-6-15)9-11-17-12-14(2)4-10-18(17)13-19/h4-8,10,12-13H,3H2,1-2H3. The summed E-state index contributed by atoms with van der Waals surface area (Å²) in [6.45, 7) is 4.12. The Bertz CT molecular complexity index is 640. The summed E-state index contributed by atoms with van der Waals surface area (Å²) >= 11 is 0. The zero-order chi connectivity index (χ0) is 13.7. The summed E-state index contributed by atoms with van der Waals surface area (Å²) in [6, 6.07) is 13.9. The Labute approximate surface area is 114 Å². The number of hydrogen-bond donors (Lipinski definition) is 0. The molecule has 0 saturated carbocycles. The van der Waals surface area contributed by atoms with E-state index in [0.717, 1.165) is 29.4 Å². The minimum absolute atomic E-state index is 0.642. The lowest BCUT2D eigenvalue weighted by Crippen LogP contribution is -1.88. The maximum atomic E-state index is 11.0. The second kappa shape index (κ2) is 6.02. The van der Waals surface area contributed by atoms with Crippen LogP contribution < -0.4 is 0 Å². The second-order valence-electron chi connectivity index (χ2n) is 4.51. The molecule has 0 amide bonds. The van der Waals surface area contributed by atoms with Gasteiger partial charge in [0.05, 0.1) is 0 Å². The summed E-state index contributed by atoms with van der Waals surface area (Å²) in [5.74, 6) is 6.18. The van der Waals surface area contributed by atoms with Gasteiger partial charge in [0.1, 0.15) is 0 Å². The highest BCUT2D eigenvalue weighted by Gasteiger charge is 1.98. The molecule has 0 aliphatic heterocycles. The molecular weight excluding hydrogens is 232 g/mol. The minimum Gasteiger partial charge on any atom is -0.298 e. The second-order valence-corrected chi connectivity index (χ2v) is 4.51. The van der Waals surface area contributed by atoms with Crippen LogP contribution in [0, 0.1) is 18.8 Å². The van der Waals surface area contributed by atoms with Gasteiger partial charge < -0.3 is 0 Å². The summed E-state index contributed by atoms with van der Waals surface area (Å²) in [5.41, 5.74) is 4.80. The van der Waals surface area contributed by atoms with Gasteiger partial charge in [-0.15, -0.1) is 0 Å². The molecule has 0 aliphatic rings. The molecule has 94 valence electrons. The molecule has 0 heterocycles. The molecule has 0 saturated heterocycles. The van der Waals surface area contributed by atoms with Gasteiger partial charge in [-0.25, -0.2) is 0 Å². The van der Waals surface area contributed by atoms with Gasteiger partial charge >= 0.3 is 0 Å². The lowest BCUT2D eigenvalue weighted by atomic mass is 10.0. The van der Waals surface area contributed by atoms with Crippen molar-refractivity contribution in [1.29, 1.82) is 0 Å². The Hall–Kier alpha value is -2.33. The Morgan fingerprint density at radius 2 is 1.79 bits per heavy atom. The number of benzene rings is 2. The molecule has 1 heteroatoms. The van der Waals surface area contributed by atoms with Crippen LogP contribution in [0.25, 0.3) is 0 Å². The fourth-order valence-corrected chi connectivity index (χ4v) is 1.84. The van der Waals surface area contributed by atoms with Crippen LogP contribution >= 0.6 is 0 Å². The molecular formula is C18H16O. The lowest BCUT2D eigenvalue weighted by Gasteiger charge is -1.98. The van der Waals surface area contributed by atoms with E-state index in [9.17, 15) is 4.79 Å². The molecule has 0 fully saturated rings. The van der Waals surface area contributed by atoms with Crippen LogP contribution in [0.3, 0.4) is 0 Å². The average molecular weight is 248 g/mol. The highest BCUT2D eigenvalue weighted by atomic mass is 16.1. The van der Waals surface area contributed by atoms with Crippen LogP contribution in [0.1, 0.15) is 39.5 Å². The van der Waals surface area contributed by atoms with Gasteiger partial charge in [-0.05, 0) is 42.7 Å². The van der Waals surface area contributed by atoms with Gasteiger partial charge in [0.25, 0.3) is 0 Å². The smallest absolute Gasteiger partial charge is 0.151 e. The lowest BCUT2D eigenvalue weighted by molar-refractivity contribution is 0.112. The van der Waals surface area contributed by atoms with Crippen LogP contribution in [0.4, 0.5) is 0 Å². The molecule has 0 N–H and O–H groups in total. The van der Waals surface area contributed by atoms with Gasteiger partial charge in [0, 0.05) is 16.7 Å². The fourth-order valence-electron chi connectivity index (χ4n) is 1.84. The van der Waals surface area contributed by atoms with E-state index in [-0.39, 0.29) is 0 Å². The first-order chi connectivity index (χ1) is 9.22. The van der Waals surface area contributed by atoms with Crippen molar-refractivity contribution in [2.24, 2.45) is 0 Å². The highest BCUT2D eigenvalue weighted by Crippen LogP contribution is 2.09. The van der Waals surface area contributed by atoms with E-state index in [1.165, 1.54) is 5.56 Å². The predicted octanol–water partition coefficient (Wildman–Crippen LogP) is 3.77. The maximum absolute atomic E-state index is 11.0. The normalized spacial score (nSPS) is 9.58. The maximum Gasteiger partial charge on any atom is 0.151 e. The van der Waals surface area contributed by atoms with E-state index >= 15 is 0 Å². The van der Waals surface area contributed by atoms with E-state index in [2.05, 4.69) is 30.9 Å². The molecule has 2 aromatic carbocycles. The van der Waals surface area contributed by atoms with Crippen molar-refractivity contribution in [2.75, 3.05) is 0 Å². The quantitative estimate of drug-likeness (QED) is 0.584. The summed E-state index contributed by atoms with van der Waals surface area (Å²) in [5, 5.41) is 0. The predicted molar refractivity (Wildman–Crippen MR) is 78.4 cm³/mol. The number of aldehydes is 1. The van der Waals surface area contributed by atoms with E-state index in [0.29, 0.717) is 5.56 Å². The molecule has 0 atom stereocenters. The minimum atomic E-state index is 0.642. The zero-order valence-electron chi connectivity index (χ0n) is 11.2. The van der Waals surface area contributed by atoms with Crippen LogP contribution in [0.15, 0.2) is 42.5 Å². The van der Waals surface area contributed by atoms with Gasteiger partial charge in [0.2, 0.25) is 0 Å². The van der Waals surface area contributed by atoms with Gasteiger partial charge in [-0.1, -0.05) is 43.0 Å². The molecule has 0 bridgehead atoms. The SMILES string of the molecule is CCc1ccc(C#Cc2cc(C)ccc2C=O)cc1. The van der Waals surface area contributed by atoms with E-state index in [1.54, 1.807) is 0 Å². The molecule has 0 aliphatic carbocycles. The Kier molecular flexibility index (Phi) is 4.15. The van der Waals surface area contributed by atoms with Gasteiger partial charge in [-0.3, -0.25) is 4.79 Å². The van der Waals surface area contributed by atoms with Gasteiger partial charge in [-0.2, -0.15) is 0 Å². The molecule has 19 heavy (non-hydrogen) atoms. The third kappa shape index (κ3) is 3.33. The first-order valence-corrected chi connectivity index (χ1v) is 6.39. The Morgan fingerprint density at radius 3 is 2.42 bits per heavy atom. The average Bonchev–Trinajstić information content (AvgIpc) is 2.46. The number of hydrogen-bond acceptors (Lipinski definition) is 1. The van der Waals surface area contributed by atoms with Crippen molar-refractivity contribution < 1.29 is 4.79 Å². The monoisotopic (exact) mass is 248 g/mol. The molecule has 1 nitrogen and oxygen atoms in total. The van der Waals surface area contributed by atoms with Crippen LogP contribution in [-0.2, 0) is 6.42 Å². The zero-order valence-corrected chi connectivity index (χ0v) is 11.2.